The predicted octanol–water partition coefficient (Wildman–Crippen LogP) is 3.15. The molecule has 1 saturated heterocycles. The van der Waals surface area contributed by atoms with Gasteiger partial charge in [0.2, 0.25) is 10.0 Å². The van der Waals surface area contributed by atoms with Crippen molar-refractivity contribution in [3.8, 4) is 0 Å². The van der Waals surface area contributed by atoms with Crippen LogP contribution in [0.2, 0.25) is 0 Å². The highest BCUT2D eigenvalue weighted by atomic mass is 32.2. The molecule has 3 rings (SSSR count). The summed E-state index contributed by atoms with van der Waals surface area (Å²) in [6.45, 7) is 0.956. The van der Waals surface area contributed by atoms with Crippen LogP contribution in [0.5, 0.6) is 0 Å². The van der Waals surface area contributed by atoms with Crippen molar-refractivity contribution in [3.05, 3.63) is 65.7 Å². The maximum Gasteiger partial charge on any atom is 0.393 e. The molecule has 1 aliphatic rings. The Labute approximate surface area is 156 Å². The zero-order valence-corrected chi connectivity index (χ0v) is 15.4. The number of sulfonamides is 1. The van der Waals surface area contributed by atoms with Crippen LogP contribution in [0, 0.1) is 5.92 Å². The minimum atomic E-state index is -4.33. The van der Waals surface area contributed by atoms with Crippen molar-refractivity contribution in [1.29, 1.82) is 0 Å². The van der Waals surface area contributed by atoms with Crippen LogP contribution in [0.15, 0.2) is 59.5 Å². The average Bonchev–Trinajstić information content (AvgIpc) is 3.07. The van der Waals surface area contributed by atoms with Gasteiger partial charge in [0, 0.05) is 19.0 Å². The van der Waals surface area contributed by atoms with Crippen LogP contribution < -0.4 is 5.73 Å². The molecule has 1 aliphatic heterocycles. The van der Waals surface area contributed by atoms with Crippen LogP contribution in [-0.2, 0) is 16.4 Å². The lowest BCUT2D eigenvalue weighted by Gasteiger charge is -2.17. The molecule has 1 fully saturated rings. The van der Waals surface area contributed by atoms with Crippen LogP contribution in [0.3, 0.4) is 0 Å². The number of halogens is 3. The highest BCUT2D eigenvalue weighted by Gasteiger charge is 2.39. The van der Waals surface area contributed by atoms with E-state index < -0.39 is 22.6 Å². The summed E-state index contributed by atoms with van der Waals surface area (Å²) in [7, 11) is -3.79. The zero-order chi connectivity index (χ0) is 19.7. The van der Waals surface area contributed by atoms with E-state index in [0.717, 1.165) is 5.56 Å². The van der Waals surface area contributed by atoms with Gasteiger partial charge in [0.05, 0.1) is 11.3 Å². The van der Waals surface area contributed by atoms with E-state index in [0.29, 0.717) is 19.6 Å². The largest absolute Gasteiger partial charge is 0.393 e. The first-order valence-corrected chi connectivity index (χ1v) is 10.1. The summed E-state index contributed by atoms with van der Waals surface area (Å²) in [4.78, 5) is -0.00194. The number of nitrogens with two attached hydrogens (primary N) is 1. The van der Waals surface area contributed by atoms with Gasteiger partial charge in [-0.3, -0.25) is 0 Å². The van der Waals surface area contributed by atoms with Gasteiger partial charge >= 0.3 is 6.18 Å². The molecule has 2 aromatic carbocycles. The minimum Gasteiger partial charge on any atom is -0.330 e. The smallest absolute Gasteiger partial charge is 0.330 e. The number of hydrogen-bond donors (Lipinski definition) is 1. The summed E-state index contributed by atoms with van der Waals surface area (Å²) in [5.41, 5.74) is 6.92. The SMILES string of the molecule is NC[C@@H]1CN(S(=O)(=O)c2ccc(CC(F)(F)F)cc2)C[C@H]1c1ccccc1. The normalized spacial score (nSPS) is 21.5. The quantitative estimate of drug-likeness (QED) is 0.842. The predicted molar refractivity (Wildman–Crippen MR) is 96.7 cm³/mol. The summed E-state index contributed by atoms with van der Waals surface area (Å²) in [5, 5.41) is 0. The first-order chi connectivity index (χ1) is 12.7. The molecule has 1 heterocycles. The van der Waals surface area contributed by atoms with Crippen molar-refractivity contribution in [1.82, 2.24) is 4.31 Å². The fourth-order valence-electron chi connectivity index (χ4n) is 3.50. The van der Waals surface area contributed by atoms with Gasteiger partial charge in [-0.15, -0.1) is 0 Å². The Morgan fingerprint density at radius 2 is 1.63 bits per heavy atom. The second-order valence-electron chi connectivity index (χ2n) is 6.77. The molecule has 146 valence electrons. The summed E-state index contributed by atoms with van der Waals surface area (Å²) in [6.07, 6.45) is -5.41. The van der Waals surface area contributed by atoms with E-state index in [1.54, 1.807) is 0 Å². The summed E-state index contributed by atoms with van der Waals surface area (Å²) >= 11 is 0. The molecule has 2 aromatic rings. The molecule has 2 atom stereocenters. The lowest BCUT2D eigenvalue weighted by molar-refractivity contribution is -0.127. The van der Waals surface area contributed by atoms with Crippen molar-refractivity contribution in [2.75, 3.05) is 19.6 Å². The molecule has 0 aromatic heterocycles. The van der Waals surface area contributed by atoms with E-state index >= 15 is 0 Å². The minimum absolute atomic E-state index is 0.00194. The van der Waals surface area contributed by atoms with Gasteiger partial charge in [-0.25, -0.2) is 8.42 Å². The van der Waals surface area contributed by atoms with Crippen molar-refractivity contribution in [2.45, 2.75) is 23.4 Å². The van der Waals surface area contributed by atoms with Gasteiger partial charge in [0.15, 0.2) is 0 Å². The third-order valence-corrected chi connectivity index (χ3v) is 6.75. The topological polar surface area (TPSA) is 63.4 Å². The third-order valence-electron chi connectivity index (χ3n) is 4.90. The Hall–Kier alpha value is -1.90. The van der Waals surface area contributed by atoms with Gasteiger partial charge < -0.3 is 5.73 Å². The van der Waals surface area contributed by atoms with E-state index in [2.05, 4.69) is 0 Å². The molecule has 0 aliphatic carbocycles. The number of rotatable bonds is 5. The Morgan fingerprint density at radius 1 is 1.00 bits per heavy atom. The molecule has 2 N–H and O–H groups in total. The third kappa shape index (κ3) is 4.51. The Morgan fingerprint density at radius 3 is 2.19 bits per heavy atom. The van der Waals surface area contributed by atoms with Gasteiger partial charge in [-0.1, -0.05) is 42.5 Å². The molecule has 8 heteroatoms. The Balaban J connectivity index is 1.81. The maximum atomic E-state index is 12.9. The van der Waals surface area contributed by atoms with Crippen molar-refractivity contribution in [2.24, 2.45) is 11.7 Å². The lowest BCUT2D eigenvalue weighted by Crippen LogP contribution is -2.30. The van der Waals surface area contributed by atoms with Crippen molar-refractivity contribution >= 4 is 10.0 Å². The number of benzene rings is 2. The van der Waals surface area contributed by atoms with Crippen LogP contribution in [0.25, 0.3) is 0 Å². The molecule has 0 amide bonds. The first kappa shape index (κ1) is 19.9. The van der Waals surface area contributed by atoms with Crippen LogP contribution >= 0.6 is 0 Å². The van der Waals surface area contributed by atoms with E-state index in [1.807, 2.05) is 30.3 Å². The van der Waals surface area contributed by atoms with E-state index in [4.69, 9.17) is 5.73 Å². The molecule has 0 spiro atoms. The standard InChI is InChI=1S/C19H21F3N2O2S/c20-19(21,22)10-14-6-8-17(9-7-14)27(25,26)24-12-16(11-23)18(13-24)15-4-2-1-3-5-15/h1-9,16,18H,10-13,23H2/t16-,18+/m1/s1. The summed E-state index contributed by atoms with van der Waals surface area (Å²) < 4.78 is 64.6. The highest BCUT2D eigenvalue weighted by Crippen LogP contribution is 2.35. The Kier molecular flexibility index (Phi) is 5.60. The van der Waals surface area contributed by atoms with E-state index in [1.165, 1.54) is 28.6 Å². The highest BCUT2D eigenvalue weighted by molar-refractivity contribution is 7.89. The first-order valence-electron chi connectivity index (χ1n) is 8.61. The molecule has 27 heavy (non-hydrogen) atoms. The van der Waals surface area contributed by atoms with E-state index in [-0.39, 0.29) is 22.3 Å². The average molecular weight is 398 g/mol. The summed E-state index contributed by atoms with van der Waals surface area (Å²) in [5.74, 6) is -0.0119. The van der Waals surface area contributed by atoms with Gasteiger partial charge in [-0.05, 0) is 35.7 Å². The number of alkyl halides is 3. The second kappa shape index (κ2) is 7.61. The Bertz CT molecular complexity index is 868. The van der Waals surface area contributed by atoms with Crippen molar-refractivity contribution in [3.63, 3.8) is 0 Å². The monoisotopic (exact) mass is 398 g/mol. The molecule has 0 unspecified atom stereocenters. The molecule has 0 saturated carbocycles. The summed E-state index contributed by atoms with van der Waals surface area (Å²) in [6, 6.07) is 14.5. The zero-order valence-electron chi connectivity index (χ0n) is 14.6. The molecule has 0 bridgehead atoms. The lowest BCUT2D eigenvalue weighted by atomic mass is 9.89. The van der Waals surface area contributed by atoms with Crippen LogP contribution in [0.1, 0.15) is 17.0 Å². The molecule has 4 nitrogen and oxygen atoms in total. The fraction of sp³-hybridized carbons (Fsp3) is 0.368. The maximum absolute atomic E-state index is 12.9. The molecular weight excluding hydrogens is 377 g/mol. The van der Waals surface area contributed by atoms with Gasteiger partial charge in [-0.2, -0.15) is 17.5 Å². The number of hydrogen-bond acceptors (Lipinski definition) is 3. The fourth-order valence-corrected chi connectivity index (χ4v) is 5.03. The van der Waals surface area contributed by atoms with Crippen LogP contribution in [0.4, 0.5) is 13.2 Å². The van der Waals surface area contributed by atoms with E-state index in [9.17, 15) is 21.6 Å². The van der Waals surface area contributed by atoms with Crippen molar-refractivity contribution < 1.29 is 21.6 Å². The van der Waals surface area contributed by atoms with Crippen LogP contribution in [-0.4, -0.2) is 38.5 Å². The number of nitrogens with zero attached hydrogens (tertiary/aromatic N) is 1. The molecule has 0 radical (unpaired) electrons. The van der Waals surface area contributed by atoms with Gasteiger partial charge in [0.25, 0.3) is 0 Å². The molecular formula is C19H21F3N2O2S. The van der Waals surface area contributed by atoms with Gasteiger partial charge in [0.1, 0.15) is 0 Å². The second-order valence-corrected chi connectivity index (χ2v) is 8.71.